The summed E-state index contributed by atoms with van der Waals surface area (Å²) < 4.78 is 32.7. The molecule has 0 saturated heterocycles. The van der Waals surface area contributed by atoms with Gasteiger partial charge in [-0.05, 0) is 147 Å². The molecule has 0 spiro atoms. The van der Waals surface area contributed by atoms with Crippen molar-refractivity contribution in [2.45, 2.75) is 172 Å². The standard InChI is InChI=1S/C43H72O3S/c1-13-33-47(44,45)46-43(34-42(12)28-16-21-37(6)7,31-29-40(10)26-17-24-38(8)22-14-19-35(2)3)32-30-41(11)27-18-25-39(9)23-15-20-36(4)5/h19-21,24-25,29-30,34H,13-18,22-23,26-28,31-33H2,1-12H3/b38-24?,39-25?,40-29?,41-30?,42-34+. The summed E-state index contributed by atoms with van der Waals surface area (Å²) in [6.45, 7) is 25.6. The predicted molar refractivity (Wildman–Crippen MR) is 210 cm³/mol. The third-order valence-electron chi connectivity index (χ3n) is 8.19. The number of hydrogen-bond donors (Lipinski definition) is 0. The molecule has 0 aromatic heterocycles. The fraction of sp³-hybridized carbons (Fsp3) is 0.628. The molecule has 0 bridgehead atoms. The largest absolute Gasteiger partial charge is 0.268 e. The zero-order chi connectivity index (χ0) is 35.9. The molecule has 0 heterocycles. The van der Waals surface area contributed by atoms with Gasteiger partial charge in [0.2, 0.25) is 0 Å². The maximum absolute atomic E-state index is 13.2. The molecular weight excluding hydrogens is 597 g/mol. The van der Waals surface area contributed by atoms with Gasteiger partial charge in [-0.25, -0.2) is 0 Å². The highest BCUT2D eigenvalue weighted by Crippen LogP contribution is 2.32. The molecule has 0 aliphatic rings. The van der Waals surface area contributed by atoms with Crippen molar-refractivity contribution in [1.29, 1.82) is 0 Å². The average molecular weight is 669 g/mol. The summed E-state index contributed by atoms with van der Waals surface area (Å²) in [5, 5.41) is 0. The molecule has 0 aromatic carbocycles. The van der Waals surface area contributed by atoms with Crippen LogP contribution < -0.4 is 0 Å². The lowest BCUT2D eigenvalue weighted by Gasteiger charge is -2.30. The van der Waals surface area contributed by atoms with Crippen LogP contribution >= 0.6 is 0 Å². The van der Waals surface area contributed by atoms with E-state index < -0.39 is 15.7 Å². The molecule has 47 heavy (non-hydrogen) atoms. The Morgan fingerprint density at radius 2 is 0.809 bits per heavy atom. The molecule has 0 fully saturated rings. The van der Waals surface area contributed by atoms with Crippen LogP contribution in [0.3, 0.4) is 0 Å². The van der Waals surface area contributed by atoms with Crippen LogP contribution in [-0.4, -0.2) is 19.8 Å². The molecule has 0 saturated carbocycles. The van der Waals surface area contributed by atoms with E-state index >= 15 is 0 Å². The first-order chi connectivity index (χ1) is 22.0. The van der Waals surface area contributed by atoms with Crippen molar-refractivity contribution in [3.8, 4) is 0 Å². The van der Waals surface area contributed by atoms with Crippen LogP contribution in [0.5, 0.6) is 0 Å². The Morgan fingerprint density at radius 3 is 1.15 bits per heavy atom. The summed E-state index contributed by atoms with van der Waals surface area (Å²) in [4.78, 5) is 0. The van der Waals surface area contributed by atoms with E-state index in [-0.39, 0.29) is 5.75 Å². The normalized spacial score (nSPS) is 14.9. The third-order valence-corrected chi connectivity index (χ3v) is 9.68. The first-order valence-corrected chi connectivity index (χ1v) is 19.7. The molecule has 0 aliphatic heterocycles. The average Bonchev–Trinajstić information content (AvgIpc) is 2.94. The van der Waals surface area contributed by atoms with Gasteiger partial charge in [-0.1, -0.05) is 100 Å². The van der Waals surface area contributed by atoms with Crippen molar-refractivity contribution in [1.82, 2.24) is 0 Å². The Kier molecular flexibility index (Phi) is 23.7. The summed E-state index contributed by atoms with van der Waals surface area (Å²) in [5.41, 5.74) is 9.63. The van der Waals surface area contributed by atoms with Crippen LogP contribution in [0.1, 0.15) is 167 Å². The Bertz CT molecular complexity index is 1200. The summed E-state index contributed by atoms with van der Waals surface area (Å²) in [5.74, 6) is 0.0262. The Hall–Kier alpha value is -2.17. The van der Waals surface area contributed by atoms with Gasteiger partial charge in [0, 0.05) is 12.8 Å². The fourth-order valence-electron chi connectivity index (χ4n) is 5.32. The zero-order valence-corrected chi connectivity index (χ0v) is 33.5. The van der Waals surface area contributed by atoms with E-state index in [1.807, 2.05) is 6.92 Å². The first kappa shape index (κ1) is 44.8. The zero-order valence-electron chi connectivity index (χ0n) is 32.7. The molecule has 268 valence electrons. The SMILES string of the molecule is CCCS(=O)(=O)OC(/C=C(\C)CCC=C(C)C)(CC=C(C)CCC=C(C)CCC=C(C)C)CC=C(C)CCC=C(C)CCC=C(C)C. The molecule has 0 atom stereocenters. The van der Waals surface area contributed by atoms with Crippen molar-refractivity contribution >= 4 is 10.1 Å². The van der Waals surface area contributed by atoms with E-state index in [0.29, 0.717) is 19.3 Å². The van der Waals surface area contributed by atoms with Crippen molar-refractivity contribution in [2.75, 3.05) is 5.75 Å². The molecule has 0 aromatic rings. The molecule has 3 nitrogen and oxygen atoms in total. The van der Waals surface area contributed by atoms with Gasteiger partial charge in [0.1, 0.15) is 5.60 Å². The third kappa shape index (κ3) is 25.5. The van der Waals surface area contributed by atoms with E-state index in [4.69, 9.17) is 4.18 Å². The molecule has 0 radical (unpaired) electrons. The van der Waals surface area contributed by atoms with Crippen molar-refractivity contribution in [2.24, 2.45) is 0 Å². The number of rotatable bonds is 24. The van der Waals surface area contributed by atoms with E-state index in [2.05, 4.69) is 125 Å². The molecule has 0 unspecified atom stereocenters. The van der Waals surface area contributed by atoms with E-state index in [1.165, 1.54) is 39.0 Å². The highest BCUT2D eigenvalue weighted by molar-refractivity contribution is 7.86. The van der Waals surface area contributed by atoms with E-state index in [0.717, 1.165) is 69.8 Å². The summed E-state index contributed by atoms with van der Waals surface area (Å²) in [6, 6.07) is 0. The van der Waals surface area contributed by atoms with Gasteiger partial charge in [0.25, 0.3) is 10.1 Å². The minimum atomic E-state index is -3.69. The second-order valence-corrected chi connectivity index (χ2v) is 16.2. The van der Waals surface area contributed by atoms with Gasteiger partial charge in [-0.15, -0.1) is 0 Å². The monoisotopic (exact) mass is 669 g/mol. The van der Waals surface area contributed by atoms with Gasteiger partial charge in [-0.2, -0.15) is 8.42 Å². The van der Waals surface area contributed by atoms with Crippen LogP contribution in [0.2, 0.25) is 0 Å². The second kappa shape index (κ2) is 24.9. The Labute approximate surface area is 292 Å². The maximum Gasteiger partial charge on any atom is 0.268 e. The molecular formula is C43H72O3S. The van der Waals surface area contributed by atoms with Crippen molar-refractivity contribution in [3.05, 3.63) is 93.2 Å². The lowest BCUT2D eigenvalue weighted by molar-refractivity contribution is 0.133. The lowest BCUT2D eigenvalue weighted by Crippen LogP contribution is -2.34. The first-order valence-electron chi connectivity index (χ1n) is 18.1. The number of allylic oxidation sites excluding steroid dienone is 13. The van der Waals surface area contributed by atoms with Crippen molar-refractivity contribution in [3.63, 3.8) is 0 Å². The summed E-state index contributed by atoms with van der Waals surface area (Å²) in [7, 11) is -3.69. The molecule has 0 rings (SSSR count). The highest BCUT2D eigenvalue weighted by Gasteiger charge is 2.33. The van der Waals surface area contributed by atoms with Gasteiger partial charge in [0.05, 0.1) is 5.75 Å². The van der Waals surface area contributed by atoms with Gasteiger partial charge in [0.15, 0.2) is 0 Å². The Balaban J connectivity index is 6.20. The minimum Gasteiger partial charge on any atom is -0.259 e. The number of hydrogen-bond acceptors (Lipinski definition) is 3. The van der Waals surface area contributed by atoms with Crippen LogP contribution in [0.25, 0.3) is 0 Å². The van der Waals surface area contributed by atoms with Crippen LogP contribution in [0.4, 0.5) is 0 Å². The maximum atomic E-state index is 13.2. The molecule has 0 aliphatic carbocycles. The van der Waals surface area contributed by atoms with Crippen LogP contribution in [-0.2, 0) is 14.3 Å². The van der Waals surface area contributed by atoms with E-state index in [1.54, 1.807) is 0 Å². The van der Waals surface area contributed by atoms with Gasteiger partial charge in [-0.3, -0.25) is 4.18 Å². The minimum absolute atomic E-state index is 0.0262. The van der Waals surface area contributed by atoms with Gasteiger partial charge >= 0.3 is 0 Å². The summed E-state index contributed by atoms with van der Waals surface area (Å²) >= 11 is 0. The van der Waals surface area contributed by atoms with Crippen LogP contribution in [0, 0.1) is 0 Å². The second-order valence-electron chi connectivity index (χ2n) is 14.5. The molecule has 0 amide bonds. The Morgan fingerprint density at radius 1 is 0.489 bits per heavy atom. The smallest absolute Gasteiger partial charge is 0.259 e. The lowest BCUT2D eigenvalue weighted by atomic mass is 9.89. The summed E-state index contributed by atoms with van der Waals surface area (Å²) in [6.07, 6.45) is 29.7. The molecule has 4 heteroatoms. The van der Waals surface area contributed by atoms with E-state index in [9.17, 15) is 8.42 Å². The molecule has 0 N–H and O–H groups in total. The fourth-order valence-corrected chi connectivity index (χ4v) is 6.59. The quantitative estimate of drug-likeness (QED) is 0.0759. The van der Waals surface area contributed by atoms with Crippen LogP contribution in [0.15, 0.2) is 93.2 Å². The topological polar surface area (TPSA) is 43.4 Å². The highest BCUT2D eigenvalue weighted by atomic mass is 32.2. The predicted octanol–water partition coefficient (Wildman–Crippen LogP) is 13.8. The van der Waals surface area contributed by atoms with Gasteiger partial charge < -0.3 is 0 Å². The van der Waals surface area contributed by atoms with Crippen molar-refractivity contribution < 1.29 is 12.6 Å².